The number of rotatable bonds is 10. The van der Waals surface area contributed by atoms with E-state index in [4.69, 9.17) is 5.11 Å². The van der Waals surface area contributed by atoms with E-state index < -0.39 is 5.97 Å². The average molecular weight is 272 g/mol. The van der Waals surface area contributed by atoms with Gasteiger partial charge in [0.25, 0.3) is 0 Å². The van der Waals surface area contributed by atoms with Gasteiger partial charge in [-0.05, 0) is 25.7 Å². The SMILES string of the molecule is CCC(CC)N(C)C(=O)NCCCCCCC(=O)O. The summed E-state index contributed by atoms with van der Waals surface area (Å²) in [5.74, 6) is -0.736. The maximum absolute atomic E-state index is 11.8. The quantitative estimate of drug-likeness (QED) is 0.601. The summed E-state index contributed by atoms with van der Waals surface area (Å²) in [6, 6.07) is 0.287. The molecule has 0 saturated heterocycles. The van der Waals surface area contributed by atoms with Crippen LogP contribution in [-0.2, 0) is 4.79 Å². The lowest BCUT2D eigenvalue weighted by molar-refractivity contribution is -0.137. The molecule has 0 heterocycles. The molecule has 0 aromatic heterocycles. The minimum Gasteiger partial charge on any atom is -0.481 e. The minimum atomic E-state index is -0.736. The molecule has 2 N–H and O–H groups in total. The molecule has 0 fully saturated rings. The number of carbonyl (C=O) groups excluding carboxylic acids is 1. The minimum absolute atomic E-state index is 0.0146. The summed E-state index contributed by atoms with van der Waals surface area (Å²) in [6.45, 7) is 4.83. The summed E-state index contributed by atoms with van der Waals surface area (Å²) >= 11 is 0. The number of carboxylic acid groups (broad SMARTS) is 1. The summed E-state index contributed by atoms with van der Waals surface area (Å²) in [7, 11) is 1.83. The number of carboxylic acids is 1. The Labute approximate surface area is 116 Å². The first-order chi connectivity index (χ1) is 9.02. The molecule has 5 heteroatoms. The zero-order valence-corrected chi connectivity index (χ0v) is 12.4. The molecule has 2 amide bonds. The van der Waals surface area contributed by atoms with Crippen LogP contribution in [0.1, 0.15) is 58.8 Å². The molecular formula is C14H28N2O3. The number of hydrogen-bond acceptors (Lipinski definition) is 2. The van der Waals surface area contributed by atoms with Gasteiger partial charge < -0.3 is 15.3 Å². The van der Waals surface area contributed by atoms with Gasteiger partial charge in [-0.2, -0.15) is 0 Å². The highest BCUT2D eigenvalue weighted by Gasteiger charge is 2.15. The van der Waals surface area contributed by atoms with Gasteiger partial charge in [0.1, 0.15) is 0 Å². The maximum atomic E-state index is 11.8. The van der Waals surface area contributed by atoms with Crippen molar-refractivity contribution >= 4 is 12.0 Å². The third kappa shape index (κ3) is 8.46. The van der Waals surface area contributed by atoms with Crippen LogP contribution in [0.15, 0.2) is 0 Å². The molecule has 0 aliphatic heterocycles. The van der Waals surface area contributed by atoms with Crippen LogP contribution in [0, 0.1) is 0 Å². The predicted molar refractivity (Wildman–Crippen MR) is 76.3 cm³/mol. The highest BCUT2D eigenvalue weighted by atomic mass is 16.4. The van der Waals surface area contributed by atoms with E-state index in [1.807, 2.05) is 7.05 Å². The van der Waals surface area contributed by atoms with Crippen LogP contribution in [0.25, 0.3) is 0 Å². The van der Waals surface area contributed by atoms with Crippen LogP contribution in [0.4, 0.5) is 4.79 Å². The van der Waals surface area contributed by atoms with E-state index in [9.17, 15) is 9.59 Å². The largest absolute Gasteiger partial charge is 0.481 e. The molecule has 0 aromatic carbocycles. The van der Waals surface area contributed by atoms with Gasteiger partial charge >= 0.3 is 12.0 Å². The number of nitrogens with zero attached hydrogens (tertiary/aromatic N) is 1. The first kappa shape index (κ1) is 17.7. The van der Waals surface area contributed by atoms with Crippen molar-refractivity contribution < 1.29 is 14.7 Å². The third-order valence-electron chi connectivity index (χ3n) is 3.40. The Bertz CT molecular complexity index is 265. The van der Waals surface area contributed by atoms with Crippen LogP contribution in [0.3, 0.4) is 0 Å². The molecule has 0 saturated carbocycles. The molecule has 5 nitrogen and oxygen atoms in total. The first-order valence-corrected chi connectivity index (χ1v) is 7.25. The first-order valence-electron chi connectivity index (χ1n) is 7.25. The monoisotopic (exact) mass is 272 g/mol. The normalized spacial score (nSPS) is 10.5. The standard InChI is InChI=1S/C14H28N2O3/c1-4-12(5-2)16(3)14(19)15-11-9-7-6-8-10-13(17)18/h12H,4-11H2,1-3H3,(H,15,19)(H,17,18). The fourth-order valence-corrected chi connectivity index (χ4v) is 2.08. The van der Waals surface area contributed by atoms with Gasteiger partial charge in [0.05, 0.1) is 0 Å². The van der Waals surface area contributed by atoms with Crippen molar-refractivity contribution in [2.75, 3.05) is 13.6 Å². The maximum Gasteiger partial charge on any atom is 0.317 e. The van der Waals surface area contributed by atoms with Crippen molar-refractivity contribution in [3.63, 3.8) is 0 Å². The van der Waals surface area contributed by atoms with Crippen LogP contribution < -0.4 is 5.32 Å². The number of amides is 2. The number of carbonyl (C=O) groups is 2. The van der Waals surface area contributed by atoms with Crippen molar-refractivity contribution in [1.82, 2.24) is 10.2 Å². The zero-order chi connectivity index (χ0) is 14.7. The summed E-state index contributed by atoms with van der Waals surface area (Å²) in [4.78, 5) is 23.9. The molecule has 0 spiro atoms. The van der Waals surface area contributed by atoms with Crippen molar-refractivity contribution in [3.8, 4) is 0 Å². The molecule has 19 heavy (non-hydrogen) atoms. The number of aliphatic carboxylic acids is 1. The lowest BCUT2D eigenvalue weighted by Gasteiger charge is -2.26. The Morgan fingerprint density at radius 2 is 1.68 bits per heavy atom. The zero-order valence-electron chi connectivity index (χ0n) is 12.4. The van der Waals surface area contributed by atoms with Gasteiger partial charge in [0, 0.05) is 26.1 Å². The van der Waals surface area contributed by atoms with Gasteiger partial charge in [-0.1, -0.05) is 26.7 Å². The second-order valence-corrected chi connectivity index (χ2v) is 4.87. The Kier molecular flexibility index (Phi) is 9.94. The smallest absolute Gasteiger partial charge is 0.317 e. The van der Waals surface area contributed by atoms with Crippen LogP contribution in [0.5, 0.6) is 0 Å². The Morgan fingerprint density at radius 3 is 2.21 bits per heavy atom. The van der Waals surface area contributed by atoms with E-state index >= 15 is 0 Å². The fourth-order valence-electron chi connectivity index (χ4n) is 2.08. The molecule has 0 unspecified atom stereocenters. The Hall–Kier alpha value is -1.26. The lowest BCUT2D eigenvalue weighted by Crippen LogP contribution is -2.43. The van der Waals surface area contributed by atoms with Crippen molar-refractivity contribution in [2.24, 2.45) is 0 Å². The van der Waals surface area contributed by atoms with Crippen LogP contribution in [0.2, 0.25) is 0 Å². The molecular weight excluding hydrogens is 244 g/mol. The van der Waals surface area contributed by atoms with Crippen molar-refractivity contribution in [1.29, 1.82) is 0 Å². The number of unbranched alkanes of at least 4 members (excludes halogenated alkanes) is 3. The molecule has 0 atom stereocenters. The topological polar surface area (TPSA) is 69.6 Å². The molecule has 0 aliphatic carbocycles. The van der Waals surface area contributed by atoms with E-state index in [1.54, 1.807) is 4.90 Å². The lowest BCUT2D eigenvalue weighted by atomic mass is 10.1. The van der Waals surface area contributed by atoms with Gasteiger partial charge in [-0.3, -0.25) is 4.79 Å². The van der Waals surface area contributed by atoms with Crippen molar-refractivity contribution in [2.45, 2.75) is 64.8 Å². The highest BCUT2D eigenvalue weighted by Crippen LogP contribution is 2.06. The molecule has 0 aliphatic rings. The number of hydrogen-bond donors (Lipinski definition) is 2. The van der Waals surface area contributed by atoms with E-state index in [0.29, 0.717) is 12.6 Å². The number of urea groups is 1. The van der Waals surface area contributed by atoms with Gasteiger partial charge in [-0.15, -0.1) is 0 Å². The third-order valence-corrected chi connectivity index (χ3v) is 3.40. The van der Waals surface area contributed by atoms with Gasteiger partial charge in [0.2, 0.25) is 0 Å². The van der Waals surface area contributed by atoms with Gasteiger partial charge in [-0.25, -0.2) is 4.79 Å². The molecule has 0 rings (SSSR count). The van der Waals surface area contributed by atoms with Crippen LogP contribution >= 0.6 is 0 Å². The summed E-state index contributed by atoms with van der Waals surface area (Å²) in [5.41, 5.74) is 0. The fraction of sp³-hybridized carbons (Fsp3) is 0.857. The second kappa shape index (κ2) is 10.6. The van der Waals surface area contributed by atoms with Gasteiger partial charge in [0.15, 0.2) is 0 Å². The van der Waals surface area contributed by atoms with Crippen molar-refractivity contribution in [3.05, 3.63) is 0 Å². The molecule has 0 radical (unpaired) electrons. The van der Waals surface area contributed by atoms with E-state index in [1.165, 1.54) is 0 Å². The van der Waals surface area contributed by atoms with E-state index in [0.717, 1.165) is 38.5 Å². The molecule has 0 bridgehead atoms. The molecule has 112 valence electrons. The van der Waals surface area contributed by atoms with Crippen LogP contribution in [-0.4, -0.2) is 41.6 Å². The summed E-state index contributed by atoms with van der Waals surface area (Å²) in [5, 5.41) is 11.4. The second-order valence-electron chi connectivity index (χ2n) is 4.87. The molecule has 0 aromatic rings. The average Bonchev–Trinajstić information content (AvgIpc) is 2.38. The predicted octanol–water partition coefficient (Wildman–Crippen LogP) is 2.85. The summed E-state index contributed by atoms with van der Waals surface area (Å²) in [6.07, 6.45) is 5.67. The van der Waals surface area contributed by atoms with E-state index in [2.05, 4.69) is 19.2 Å². The van der Waals surface area contributed by atoms with E-state index in [-0.39, 0.29) is 12.5 Å². The number of nitrogens with one attached hydrogen (secondary N) is 1. The Balaban J connectivity index is 3.60. The highest BCUT2D eigenvalue weighted by molar-refractivity contribution is 5.74. The summed E-state index contributed by atoms with van der Waals surface area (Å²) < 4.78 is 0. The Morgan fingerprint density at radius 1 is 1.11 bits per heavy atom.